The molecule has 1 atom stereocenters. The SMILES string of the molecule is [2H]C([2H])([2H])C([2H])([13CH3])C(=O)C(=O)O. The summed E-state index contributed by atoms with van der Waals surface area (Å²) in [5, 5.41) is 8.16. The van der Waals surface area contributed by atoms with Crippen molar-refractivity contribution in [1.82, 2.24) is 0 Å². The largest absolute Gasteiger partial charge is 0.475 e. The number of ketones is 1. The van der Waals surface area contributed by atoms with Gasteiger partial charge < -0.3 is 5.11 Å². The highest BCUT2D eigenvalue weighted by molar-refractivity contribution is 6.33. The molecule has 0 rings (SSSR count). The Morgan fingerprint density at radius 1 is 1.88 bits per heavy atom. The molecule has 0 heterocycles. The molecule has 0 aliphatic carbocycles. The Kier molecular flexibility index (Phi) is 0.801. The fourth-order valence-electron chi connectivity index (χ4n) is 0.160. The van der Waals surface area contributed by atoms with Gasteiger partial charge in [-0.05, 0) is 0 Å². The predicted molar refractivity (Wildman–Crippen MR) is 27.5 cm³/mol. The minimum Gasteiger partial charge on any atom is -0.475 e. The first kappa shape index (κ1) is 2.62. The van der Waals surface area contributed by atoms with E-state index in [-0.39, 0.29) is 0 Å². The Bertz CT molecular complexity index is 217. The molecule has 0 saturated carbocycles. The maximum absolute atomic E-state index is 10.7. The van der Waals surface area contributed by atoms with Crippen molar-refractivity contribution in [2.45, 2.75) is 13.8 Å². The fourth-order valence-corrected chi connectivity index (χ4v) is 0.160. The molecule has 0 aromatic heterocycles. The molecule has 0 radical (unpaired) electrons. The summed E-state index contributed by atoms with van der Waals surface area (Å²) in [6.45, 7) is -2.15. The number of hydrogen-bond acceptors (Lipinski definition) is 2. The Balaban J connectivity index is 4.87. The van der Waals surface area contributed by atoms with Crippen LogP contribution >= 0.6 is 0 Å². The van der Waals surface area contributed by atoms with E-state index in [9.17, 15) is 9.59 Å². The Hall–Kier alpha value is -0.860. The lowest BCUT2D eigenvalue weighted by Crippen LogP contribution is -2.18. The average Bonchev–Trinajstić information content (AvgIpc) is 1.83. The second-order valence-corrected chi connectivity index (χ2v) is 1.26. The van der Waals surface area contributed by atoms with Crippen molar-refractivity contribution in [3.8, 4) is 0 Å². The number of Topliss-reactive ketones (excluding diaryl/α,β-unsaturated/α-hetero) is 1. The second-order valence-electron chi connectivity index (χ2n) is 1.26. The first-order chi connectivity index (χ1) is 5.10. The standard InChI is InChI=1S/C5H8O3/c1-3(2)4(6)5(7)8/h3H,1-2H3,(H,7,8)/i1D3,2+1,3D. The first-order valence-corrected chi connectivity index (χ1v) is 1.88. The van der Waals surface area contributed by atoms with Crippen LogP contribution in [0.3, 0.4) is 0 Å². The number of carbonyl (C=O) groups is 2. The summed E-state index contributed by atoms with van der Waals surface area (Å²) in [6, 6.07) is 0. The summed E-state index contributed by atoms with van der Waals surface area (Å²) in [5.41, 5.74) is 0. The van der Waals surface area contributed by atoms with Gasteiger partial charge in [0.15, 0.2) is 0 Å². The van der Waals surface area contributed by atoms with Gasteiger partial charge in [0.1, 0.15) is 0 Å². The smallest absolute Gasteiger partial charge is 0.372 e. The van der Waals surface area contributed by atoms with Crippen LogP contribution in [-0.4, -0.2) is 16.9 Å². The first-order valence-electron chi connectivity index (χ1n) is 3.88. The van der Waals surface area contributed by atoms with Crippen LogP contribution in [0.2, 0.25) is 0 Å². The Morgan fingerprint density at radius 2 is 2.38 bits per heavy atom. The molecule has 0 aromatic rings. The van der Waals surface area contributed by atoms with Crippen LogP contribution in [-0.2, 0) is 9.59 Å². The molecule has 0 aromatic carbocycles. The topological polar surface area (TPSA) is 54.4 Å². The molecule has 0 amide bonds. The van der Waals surface area contributed by atoms with E-state index in [4.69, 9.17) is 10.6 Å². The highest BCUT2D eigenvalue weighted by Crippen LogP contribution is 1.92. The molecule has 0 aliphatic heterocycles. The van der Waals surface area contributed by atoms with Gasteiger partial charge >= 0.3 is 5.97 Å². The van der Waals surface area contributed by atoms with Crippen molar-refractivity contribution in [3.05, 3.63) is 0 Å². The normalized spacial score (nSPS) is 25.6. The summed E-state index contributed by atoms with van der Waals surface area (Å²) >= 11 is 0. The fraction of sp³-hybridized carbons (Fsp3) is 0.600. The molecule has 0 fully saturated rings. The zero-order valence-electron chi connectivity index (χ0n) is 8.26. The van der Waals surface area contributed by atoms with Gasteiger partial charge in [-0.3, -0.25) is 4.79 Å². The van der Waals surface area contributed by atoms with Crippen LogP contribution in [0.1, 0.15) is 19.3 Å². The zero-order valence-corrected chi connectivity index (χ0v) is 4.26. The van der Waals surface area contributed by atoms with E-state index in [2.05, 4.69) is 0 Å². The van der Waals surface area contributed by atoms with Gasteiger partial charge in [-0.1, -0.05) is 13.8 Å². The number of aliphatic carboxylic acids is 1. The molecule has 3 nitrogen and oxygen atoms in total. The van der Waals surface area contributed by atoms with Crippen molar-refractivity contribution in [3.63, 3.8) is 0 Å². The minimum absolute atomic E-state index is 0.760. The highest BCUT2D eigenvalue weighted by Gasteiger charge is 2.14. The zero-order chi connectivity index (χ0) is 10.2. The third-order valence-electron chi connectivity index (χ3n) is 0.535. The van der Waals surface area contributed by atoms with Crippen LogP contribution in [0.5, 0.6) is 0 Å². The van der Waals surface area contributed by atoms with E-state index in [0.29, 0.717) is 0 Å². The third kappa shape index (κ3) is 1.73. The Morgan fingerprint density at radius 3 is 2.50 bits per heavy atom. The number of rotatable bonds is 2. The number of carbonyl (C=O) groups excluding carboxylic acids is 1. The van der Waals surface area contributed by atoms with Crippen LogP contribution < -0.4 is 0 Å². The van der Waals surface area contributed by atoms with Crippen molar-refractivity contribution >= 4 is 11.8 Å². The molecule has 46 valence electrons. The predicted octanol–water partition coefficient (Wildman–Crippen LogP) is 0.296. The molecule has 0 saturated heterocycles. The minimum atomic E-state index is -2.91. The molecule has 0 aliphatic rings. The van der Waals surface area contributed by atoms with E-state index in [1.807, 2.05) is 0 Å². The summed E-state index contributed by atoms with van der Waals surface area (Å²) in [7, 11) is 0. The van der Waals surface area contributed by atoms with E-state index < -0.39 is 24.5 Å². The van der Waals surface area contributed by atoms with Crippen LogP contribution in [0.15, 0.2) is 0 Å². The summed E-state index contributed by atoms with van der Waals surface area (Å²) in [6.07, 6.45) is 0. The maximum atomic E-state index is 10.7. The van der Waals surface area contributed by atoms with E-state index in [1.165, 1.54) is 0 Å². The molecule has 1 N–H and O–H groups in total. The number of carboxylic acid groups (broad SMARTS) is 1. The Labute approximate surface area is 52.9 Å². The third-order valence-corrected chi connectivity index (χ3v) is 0.535. The average molecular weight is 121 g/mol. The van der Waals surface area contributed by atoms with Gasteiger partial charge in [0, 0.05) is 11.4 Å². The molecular formula is C5H8O3. The lowest BCUT2D eigenvalue weighted by Gasteiger charge is -1.93. The monoisotopic (exact) mass is 121 g/mol. The molecule has 1 unspecified atom stereocenters. The number of hydrogen-bond donors (Lipinski definition) is 1. The second kappa shape index (κ2) is 2.45. The van der Waals surface area contributed by atoms with Crippen molar-refractivity contribution in [2.24, 2.45) is 5.89 Å². The van der Waals surface area contributed by atoms with Gasteiger partial charge in [0.25, 0.3) is 0 Å². The molecular weight excluding hydrogens is 109 g/mol. The van der Waals surface area contributed by atoms with E-state index >= 15 is 0 Å². The van der Waals surface area contributed by atoms with Crippen molar-refractivity contribution < 1.29 is 20.2 Å². The van der Waals surface area contributed by atoms with Crippen molar-refractivity contribution in [1.29, 1.82) is 0 Å². The van der Waals surface area contributed by atoms with Gasteiger partial charge in [-0.15, -0.1) is 0 Å². The quantitative estimate of drug-likeness (QED) is 0.422. The number of carboxylic acids is 1. The lowest BCUT2D eigenvalue weighted by molar-refractivity contribution is -0.150. The van der Waals surface area contributed by atoms with Gasteiger partial charge in [0.05, 0.1) is 0 Å². The molecule has 0 spiro atoms. The molecule has 8 heavy (non-hydrogen) atoms. The summed E-state index contributed by atoms with van der Waals surface area (Å²) in [5.74, 6) is -6.09. The van der Waals surface area contributed by atoms with Gasteiger partial charge in [-0.25, -0.2) is 4.79 Å². The van der Waals surface area contributed by atoms with Gasteiger partial charge in [0.2, 0.25) is 5.78 Å². The van der Waals surface area contributed by atoms with E-state index in [1.54, 1.807) is 0 Å². The summed E-state index contributed by atoms with van der Waals surface area (Å²) in [4.78, 5) is 20.7. The maximum Gasteiger partial charge on any atom is 0.372 e. The van der Waals surface area contributed by atoms with Gasteiger partial charge in [-0.2, -0.15) is 0 Å². The highest BCUT2D eigenvalue weighted by atomic mass is 16.4. The van der Waals surface area contributed by atoms with Crippen molar-refractivity contribution in [2.75, 3.05) is 0 Å². The van der Waals surface area contributed by atoms with Crippen LogP contribution in [0.4, 0.5) is 0 Å². The summed E-state index contributed by atoms with van der Waals surface area (Å²) < 4.78 is 27.2. The molecule has 3 heteroatoms. The van der Waals surface area contributed by atoms with Crippen LogP contribution in [0.25, 0.3) is 0 Å². The molecule has 0 bridgehead atoms. The van der Waals surface area contributed by atoms with E-state index in [0.717, 1.165) is 6.92 Å². The van der Waals surface area contributed by atoms with Crippen LogP contribution in [0, 0.1) is 5.89 Å². The lowest BCUT2D eigenvalue weighted by atomic mass is 10.2.